The Bertz CT molecular complexity index is 868. The maximum Gasteiger partial charge on any atom is 0.341 e. The number of hydrogen-bond acceptors (Lipinski definition) is 5. The number of rotatable bonds is 11. The topological polar surface area (TPSA) is 66.2 Å². The number of carbonyl (C=O) groups is 1. The van der Waals surface area contributed by atoms with Crippen LogP contribution in [0.1, 0.15) is 37.0 Å². The summed E-state index contributed by atoms with van der Waals surface area (Å²) >= 11 is 0. The fourth-order valence-corrected chi connectivity index (χ4v) is 3.81. The Labute approximate surface area is 180 Å². The third-order valence-electron chi connectivity index (χ3n) is 5.01. The molecule has 1 saturated carbocycles. The lowest BCUT2D eigenvalue weighted by Crippen LogP contribution is -2.22. The first-order valence-electron chi connectivity index (χ1n) is 10.8. The molecule has 0 unspecified atom stereocenters. The summed E-state index contributed by atoms with van der Waals surface area (Å²) in [5, 5.41) is 8.82. The van der Waals surface area contributed by atoms with Crippen LogP contribution in [0.15, 0.2) is 36.4 Å². The summed E-state index contributed by atoms with van der Waals surface area (Å²) in [6, 6.07) is 11.2. The first-order valence-corrected chi connectivity index (χ1v) is 14.5. The number of esters is 1. The summed E-state index contributed by atoms with van der Waals surface area (Å²) in [7, 11) is -1.18. The minimum Gasteiger partial charge on any atom is -0.462 e. The van der Waals surface area contributed by atoms with Gasteiger partial charge in [0.05, 0.1) is 6.61 Å². The number of ether oxygens (including phenoxy) is 2. The zero-order valence-corrected chi connectivity index (χ0v) is 19.6. The van der Waals surface area contributed by atoms with Crippen LogP contribution in [0.5, 0.6) is 0 Å². The SMILES string of the molecule is CCOC(=O)/C(=C\C1CC1)c1nnc(Cc2ccccc2)n1COCC[Si](C)(C)C. The molecule has 162 valence electrons. The van der Waals surface area contributed by atoms with Gasteiger partial charge in [-0.2, -0.15) is 0 Å². The molecule has 0 amide bonds. The van der Waals surface area contributed by atoms with Crippen LogP contribution in [0.3, 0.4) is 0 Å². The summed E-state index contributed by atoms with van der Waals surface area (Å²) in [6.45, 7) is 10.2. The van der Waals surface area contributed by atoms with E-state index < -0.39 is 8.07 Å². The van der Waals surface area contributed by atoms with Crippen LogP contribution in [0.2, 0.25) is 25.7 Å². The smallest absolute Gasteiger partial charge is 0.341 e. The highest BCUT2D eigenvalue weighted by atomic mass is 28.3. The first-order chi connectivity index (χ1) is 14.4. The van der Waals surface area contributed by atoms with Gasteiger partial charge in [-0.1, -0.05) is 56.0 Å². The molecule has 0 N–H and O–H groups in total. The predicted molar refractivity (Wildman–Crippen MR) is 121 cm³/mol. The molecule has 30 heavy (non-hydrogen) atoms. The highest BCUT2D eigenvalue weighted by Crippen LogP contribution is 2.33. The maximum atomic E-state index is 12.7. The highest BCUT2D eigenvalue weighted by molar-refractivity contribution is 6.76. The fraction of sp³-hybridized carbons (Fsp3) is 0.522. The zero-order valence-electron chi connectivity index (χ0n) is 18.6. The molecule has 1 fully saturated rings. The van der Waals surface area contributed by atoms with Crippen molar-refractivity contribution in [2.45, 2.75) is 58.6 Å². The lowest BCUT2D eigenvalue weighted by molar-refractivity contribution is -0.136. The molecule has 1 aliphatic carbocycles. The van der Waals surface area contributed by atoms with Crippen molar-refractivity contribution in [1.29, 1.82) is 0 Å². The average Bonchev–Trinajstić information content (AvgIpc) is 3.44. The van der Waals surface area contributed by atoms with Gasteiger partial charge in [-0.3, -0.25) is 4.57 Å². The molecule has 0 saturated heterocycles. The zero-order chi connectivity index (χ0) is 21.6. The molecule has 3 rings (SSSR count). The normalized spacial score (nSPS) is 14.7. The van der Waals surface area contributed by atoms with Crippen molar-refractivity contribution in [1.82, 2.24) is 14.8 Å². The molecule has 1 aromatic carbocycles. The maximum absolute atomic E-state index is 12.7. The monoisotopic (exact) mass is 427 g/mol. The van der Waals surface area contributed by atoms with E-state index in [2.05, 4.69) is 42.0 Å². The summed E-state index contributed by atoms with van der Waals surface area (Å²) in [6.07, 6.45) is 4.82. The number of nitrogens with zero attached hydrogens (tertiary/aromatic N) is 3. The Morgan fingerprint density at radius 2 is 1.93 bits per heavy atom. The van der Waals surface area contributed by atoms with E-state index >= 15 is 0 Å². The van der Waals surface area contributed by atoms with Crippen LogP contribution in [-0.2, 0) is 27.4 Å². The quantitative estimate of drug-likeness (QED) is 0.228. The summed E-state index contributed by atoms with van der Waals surface area (Å²) in [5.41, 5.74) is 1.64. The molecular formula is C23H33N3O3Si. The minimum atomic E-state index is -1.18. The molecule has 0 bridgehead atoms. The van der Waals surface area contributed by atoms with Gasteiger partial charge < -0.3 is 9.47 Å². The van der Waals surface area contributed by atoms with E-state index in [0.717, 1.165) is 30.3 Å². The lowest BCUT2D eigenvalue weighted by atomic mass is 10.1. The molecule has 0 aliphatic heterocycles. The van der Waals surface area contributed by atoms with Gasteiger partial charge in [0, 0.05) is 21.1 Å². The van der Waals surface area contributed by atoms with Crippen molar-refractivity contribution < 1.29 is 14.3 Å². The number of benzene rings is 1. The van der Waals surface area contributed by atoms with Gasteiger partial charge in [0.25, 0.3) is 0 Å². The third kappa shape index (κ3) is 6.64. The molecule has 0 spiro atoms. The van der Waals surface area contributed by atoms with Crippen LogP contribution in [0.25, 0.3) is 5.57 Å². The van der Waals surface area contributed by atoms with E-state index in [4.69, 9.17) is 9.47 Å². The van der Waals surface area contributed by atoms with Crippen molar-refractivity contribution in [3.63, 3.8) is 0 Å². The largest absolute Gasteiger partial charge is 0.462 e. The van der Waals surface area contributed by atoms with Crippen LogP contribution >= 0.6 is 0 Å². The van der Waals surface area contributed by atoms with Crippen LogP contribution in [0.4, 0.5) is 0 Å². The second kappa shape index (κ2) is 10.2. The fourth-order valence-electron chi connectivity index (χ4n) is 3.05. The Balaban J connectivity index is 1.87. The number of allylic oxidation sites excluding steroid dienone is 1. The van der Waals surface area contributed by atoms with E-state index in [1.54, 1.807) is 0 Å². The standard InChI is InChI=1S/C23H33N3O3Si/c1-5-29-23(27)20(15-19-11-12-19)22-25-24-21(16-18-9-7-6-8-10-18)26(22)17-28-13-14-30(2,3)4/h6-10,15,19H,5,11-14,16-17H2,1-4H3/b20-15-. The minimum absolute atomic E-state index is 0.330. The van der Waals surface area contributed by atoms with E-state index in [9.17, 15) is 4.79 Å². The van der Waals surface area contributed by atoms with E-state index in [1.165, 1.54) is 0 Å². The third-order valence-corrected chi connectivity index (χ3v) is 6.71. The van der Waals surface area contributed by atoms with Crippen LogP contribution < -0.4 is 0 Å². The Kier molecular flexibility index (Phi) is 7.61. The van der Waals surface area contributed by atoms with Crippen LogP contribution in [-0.4, -0.2) is 42.0 Å². The Morgan fingerprint density at radius 1 is 1.20 bits per heavy atom. The van der Waals surface area contributed by atoms with Gasteiger partial charge in [-0.05, 0) is 37.3 Å². The highest BCUT2D eigenvalue weighted by Gasteiger charge is 2.27. The van der Waals surface area contributed by atoms with Gasteiger partial charge in [0.1, 0.15) is 18.1 Å². The summed E-state index contributed by atoms with van der Waals surface area (Å²) in [4.78, 5) is 12.7. The van der Waals surface area contributed by atoms with Crippen molar-refractivity contribution in [2.24, 2.45) is 5.92 Å². The van der Waals surface area contributed by atoms with E-state index in [0.29, 0.717) is 43.7 Å². The molecule has 1 heterocycles. The van der Waals surface area contributed by atoms with Gasteiger partial charge in [0.2, 0.25) is 0 Å². The molecule has 7 heteroatoms. The van der Waals surface area contributed by atoms with Crippen molar-refractivity contribution in [3.05, 3.63) is 53.6 Å². The van der Waals surface area contributed by atoms with Gasteiger partial charge >= 0.3 is 5.97 Å². The number of hydrogen-bond donors (Lipinski definition) is 0. The second-order valence-electron chi connectivity index (χ2n) is 9.02. The number of carbonyl (C=O) groups excluding carboxylic acids is 1. The van der Waals surface area contributed by atoms with Gasteiger partial charge in [-0.15, -0.1) is 10.2 Å². The number of aromatic nitrogens is 3. The molecule has 1 aliphatic rings. The van der Waals surface area contributed by atoms with Crippen LogP contribution in [0, 0.1) is 5.92 Å². The van der Waals surface area contributed by atoms with Gasteiger partial charge in [0.15, 0.2) is 5.82 Å². The summed E-state index contributed by atoms with van der Waals surface area (Å²) < 4.78 is 13.3. The van der Waals surface area contributed by atoms with Gasteiger partial charge in [-0.25, -0.2) is 4.79 Å². The molecule has 0 radical (unpaired) electrons. The average molecular weight is 428 g/mol. The second-order valence-corrected chi connectivity index (χ2v) is 14.6. The molecule has 2 aromatic rings. The van der Waals surface area contributed by atoms with Crippen molar-refractivity contribution in [3.8, 4) is 0 Å². The van der Waals surface area contributed by atoms with Crippen molar-refractivity contribution in [2.75, 3.05) is 13.2 Å². The Hall–Kier alpha value is -2.25. The molecule has 0 atom stereocenters. The molecular weight excluding hydrogens is 394 g/mol. The predicted octanol–water partition coefficient (Wildman–Crippen LogP) is 4.54. The molecule has 1 aromatic heterocycles. The van der Waals surface area contributed by atoms with E-state index in [1.807, 2.05) is 35.8 Å². The summed E-state index contributed by atoms with van der Waals surface area (Å²) in [5.74, 6) is 1.40. The van der Waals surface area contributed by atoms with E-state index in [-0.39, 0.29) is 5.97 Å². The van der Waals surface area contributed by atoms with Crippen molar-refractivity contribution >= 4 is 19.6 Å². The molecule has 6 nitrogen and oxygen atoms in total. The lowest BCUT2D eigenvalue weighted by Gasteiger charge is -2.17. The Morgan fingerprint density at radius 3 is 2.57 bits per heavy atom. The first kappa shape index (κ1) is 22.4.